The molecule has 2 aromatic carbocycles. The highest BCUT2D eigenvalue weighted by atomic mass is 16.4. The van der Waals surface area contributed by atoms with Crippen LogP contribution in [0.5, 0.6) is 5.75 Å². The number of aliphatic imine (C=N–C) groups is 1. The number of fused-ring (bicyclic) bond motifs is 1. The van der Waals surface area contributed by atoms with Gasteiger partial charge in [0, 0.05) is 11.8 Å². The van der Waals surface area contributed by atoms with Gasteiger partial charge in [0.2, 0.25) is 0 Å². The molecule has 0 saturated carbocycles. The first-order valence-corrected chi connectivity index (χ1v) is 6.47. The first kappa shape index (κ1) is 14.1. The van der Waals surface area contributed by atoms with E-state index in [2.05, 4.69) is 4.99 Å². The fourth-order valence-electron chi connectivity index (χ4n) is 2.03. The summed E-state index contributed by atoms with van der Waals surface area (Å²) in [6.45, 7) is 3.60. The van der Waals surface area contributed by atoms with Crippen molar-refractivity contribution in [3.63, 3.8) is 0 Å². The molecule has 2 aromatic rings. The molecule has 0 aliphatic rings. The molecule has 0 radical (unpaired) electrons. The van der Waals surface area contributed by atoms with Gasteiger partial charge in [0.05, 0.1) is 0 Å². The zero-order chi connectivity index (χ0) is 14.7. The first-order chi connectivity index (χ1) is 9.49. The summed E-state index contributed by atoms with van der Waals surface area (Å²) in [7, 11) is 0. The highest BCUT2D eigenvalue weighted by molar-refractivity contribution is 5.94. The Kier molecular flexibility index (Phi) is 4.03. The SMILES string of the molecule is CC(C)[C@H](N=Cc1cc2ccccc2cc1O)C(=O)O. The molecule has 0 aliphatic carbocycles. The Morgan fingerprint density at radius 2 is 1.80 bits per heavy atom. The number of phenols is 1. The van der Waals surface area contributed by atoms with Gasteiger partial charge in [-0.15, -0.1) is 0 Å². The molecule has 0 heterocycles. The predicted molar refractivity (Wildman–Crippen MR) is 79.5 cm³/mol. The molecule has 1 atom stereocenters. The third-order valence-electron chi connectivity index (χ3n) is 3.15. The van der Waals surface area contributed by atoms with Crippen LogP contribution in [0, 0.1) is 5.92 Å². The summed E-state index contributed by atoms with van der Waals surface area (Å²) in [4.78, 5) is 15.2. The third kappa shape index (κ3) is 2.96. The molecule has 104 valence electrons. The van der Waals surface area contributed by atoms with E-state index in [1.165, 1.54) is 6.21 Å². The van der Waals surface area contributed by atoms with Gasteiger partial charge in [-0.1, -0.05) is 38.1 Å². The smallest absolute Gasteiger partial charge is 0.328 e. The molecule has 0 spiro atoms. The second-order valence-electron chi connectivity index (χ2n) is 5.06. The van der Waals surface area contributed by atoms with Crippen LogP contribution < -0.4 is 0 Å². The second kappa shape index (κ2) is 5.74. The van der Waals surface area contributed by atoms with E-state index in [1.807, 2.05) is 24.3 Å². The van der Waals surface area contributed by atoms with Gasteiger partial charge < -0.3 is 10.2 Å². The Morgan fingerprint density at radius 3 is 2.35 bits per heavy atom. The normalized spacial score (nSPS) is 13.2. The van der Waals surface area contributed by atoms with Gasteiger partial charge in [-0.05, 0) is 28.8 Å². The number of carboxylic acids is 1. The molecule has 0 bridgehead atoms. The molecule has 4 nitrogen and oxygen atoms in total. The van der Waals surface area contributed by atoms with Gasteiger partial charge in [-0.3, -0.25) is 4.99 Å². The first-order valence-electron chi connectivity index (χ1n) is 6.47. The van der Waals surface area contributed by atoms with E-state index in [0.717, 1.165) is 10.8 Å². The van der Waals surface area contributed by atoms with Crippen molar-refractivity contribution in [2.75, 3.05) is 0 Å². The van der Waals surface area contributed by atoms with Crippen LogP contribution in [0.3, 0.4) is 0 Å². The molecular formula is C16H17NO3. The lowest BCUT2D eigenvalue weighted by Gasteiger charge is -2.11. The van der Waals surface area contributed by atoms with Crippen molar-refractivity contribution in [3.8, 4) is 5.75 Å². The fraction of sp³-hybridized carbons (Fsp3) is 0.250. The van der Waals surface area contributed by atoms with Crippen molar-refractivity contribution in [2.24, 2.45) is 10.9 Å². The Labute approximate surface area is 117 Å². The number of rotatable bonds is 4. The molecule has 0 unspecified atom stereocenters. The highest BCUT2D eigenvalue weighted by Crippen LogP contribution is 2.24. The fourth-order valence-corrected chi connectivity index (χ4v) is 2.03. The van der Waals surface area contributed by atoms with Gasteiger partial charge in [0.1, 0.15) is 11.8 Å². The summed E-state index contributed by atoms with van der Waals surface area (Å²) >= 11 is 0. The molecule has 0 aliphatic heterocycles. The average molecular weight is 271 g/mol. The average Bonchev–Trinajstić information content (AvgIpc) is 2.38. The van der Waals surface area contributed by atoms with Gasteiger partial charge in [0.25, 0.3) is 0 Å². The third-order valence-corrected chi connectivity index (χ3v) is 3.15. The Balaban J connectivity index is 2.38. The molecule has 0 saturated heterocycles. The summed E-state index contributed by atoms with van der Waals surface area (Å²) in [5.41, 5.74) is 0.524. The molecule has 2 N–H and O–H groups in total. The number of aliphatic carboxylic acids is 1. The molecule has 0 aromatic heterocycles. The zero-order valence-electron chi connectivity index (χ0n) is 11.4. The number of phenolic OH excluding ortho intramolecular Hbond substituents is 1. The number of hydrogen-bond donors (Lipinski definition) is 2. The zero-order valence-corrected chi connectivity index (χ0v) is 11.4. The van der Waals surface area contributed by atoms with E-state index in [4.69, 9.17) is 5.11 Å². The van der Waals surface area contributed by atoms with E-state index in [0.29, 0.717) is 5.56 Å². The maximum Gasteiger partial charge on any atom is 0.328 e. The van der Waals surface area contributed by atoms with Crippen molar-refractivity contribution < 1.29 is 15.0 Å². The standard InChI is InChI=1S/C16H17NO3/c1-10(2)15(16(19)20)17-9-13-7-11-5-3-4-6-12(11)8-14(13)18/h3-10,15,18H,1-2H3,(H,19,20)/t15-/m0/s1. The van der Waals surface area contributed by atoms with Crippen LogP contribution in [0.1, 0.15) is 19.4 Å². The van der Waals surface area contributed by atoms with Crippen LogP contribution in [0.2, 0.25) is 0 Å². The van der Waals surface area contributed by atoms with Gasteiger partial charge in [-0.2, -0.15) is 0 Å². The van der Waals surface area contributed by atoms with Gasteiger partial charge in [-0.25, -0.2) is 4.79 Å². The quantitative estimate of drug-likeness (QED) is 0.839. The lowest BCUT2D eigenvalue weighted by Crippen LogP contribution is -2.24. The summed E-state index contributed by atoms with van der Waals surface area (Å²) < 4.78 is 0. The lowest BCUT2D eigenvalue weighted by atomic mass is 10.0. The minimum absolute atomic E-state index is 0.0975. The lowest BCUT2D eigenvalue weighted by molar-refractivity contribution is -0.139. The van der Waals surface area contributed by atoms with Crippen molar-refractivity contribution in [3.05, 3.63) is 42.0 Å². The summed E-state index contributed by atoms with van der Waals surface area (Å²) in [6.07, 6.45) is 1.43. The van der Waals surface area contributed by atoms with Crippen LogP contribution in [0.4, 0.5) is 0 Å². The maximum atomic E-state index is 11.1. The predicted octanol–water partition coefficient (Wildman–Crippen LogP) is 3.07. The summed E-state index contributed by atoms with van der Waals surface area (Å²) in [5, 5.41) is 21.0. The number of benzene rings is 2. The molecule has 2 rings (SSSR count). The number of carboxylic acid groups (broad SMARTS) is 1. The van der Waals surface area contributed by atoms with E-state index < -0.39 is 12.0 Å². The monoisotopic (exact) mass is 271 g/mol. The summed E-state index contributed by atoms with van der Waals surface area (Å²) in [6, 6.07) is 10.3. The maximum absolute atomic E-state index is 11.1. The van der Waals surface area contributed by atoms with Crippen molar-refractivity contribution in [2.45, 2.75) is 19.9 Å². The Morgan fingerprint density at radius 1 is 1.20 bits per heavy atom. The largest absolute Gasteiger partial charge is 0.507 e. The molecule has 0 fully saturated rings. The summed E-state index contributed by atoms with van der Waals surface area (Å²) in [5.74, 6) is -0.969. The number of aromatic hydroxyl groups is 1. The van der Waals surface area contributed by atoms with Crippen molar-refractivity contribution in [1.82, 2.24) is 0 Å². The van der Waals surface area contributed by atoms with E-state index in [1.54, 1.807) is 26.0 Å². The number of hydrogen-bond acceptors (Lipinski definition) is 3. The van der Waals surface area contributed by atoms with Crippen LogP contribution >= 0.6 is 0 Å². The van der Waals surface area contributed by atoms with E-state index >= 15 is 0 Å². The number of nitrogens with zero attached hydrogens (tertiary/aromatic N) is 1. The van der Waals surface area contributed by atoms with Gasteiger partial charge >= 0.3 is 5.97 Å². The van der Waals surface area contributed by atoms with Crippen molar-refractivity contribution in [1.29, 1.82) is 0 Å². The molecule has 0 amide bonds. The minimum atomic E-state index is -0.962. The van der Waals surface area contributed by atoms with Crippen molar-refractivity contribution >= 4 is 23.0 Å². The second-order valence-corrected chi connectivity index (χ2v) is 5.06. The van der Waals surface area contributed by atoms with Crippen LogP contribution in [-0.4, -0.2) is 28.4 Å². The van der Waals surface area contributed by atoms with E-state index in [-0.39, 0.29) is 11.7 Å². The van der Waals surface area contributed by atoms with Gasteiger partial charge in [0.15, 0.2) is 0 Å². The Hall–Kier alpha value is -2.36. The Bertz CT molecular complexity index is 662. The van der Waals surface area contributed by atoms with Crippen LogP contribution in [-0.2, 0) is 4.79 Å². The topological polar surface area (TPSA) is 69.9 Å². The van der Waals surface area contributed by atoms with E-state index in [9.17, 15) is 9.90 Å². The van der Waals surface area contributed by atoms with Crippen LogP contribution in [0.15, 0.2) is 41.4 Å². The molecule has 20 heavy (non-hydrogen) atoms. The minimum Gasteiger partial charge on any atom is -0.507 e. The molecular weight excluding hydrogens is 254 g/mol. The highest BCUT2D eigenvalue weighted by Gasteiger charge is 2.19. The number of carbonyl (C=O) groups is 1. The molecule has 4 heteroatoms. The van der Waals surface area contributed by atoms with Crippen LogP contribution in [0.25, 0.3) is 10.8 Å².